The van der Waals surface area contributed by atoms with E-state index < -0.39 is 6.04 Å². The minimum absolute atomic E-state index is 0.0197. The monoisotopic (exact) mass is 420 g/mol. The SMILES string of the molecule is O=C1NCCN(C2Cc3ccccc3C2)C1CC(=O)N1CCN(c2cnccn2)CC1. The number of anilines is 1. The van der Waals surface area contributed by atoms with E-state index in [4.69, 9.17) is 0 Å². The van der Waals surface area contributed by atoms with E-state index in [1.807, 2.05) is 4.90 Å². The average molecular weight is 421 g/mol. The summed E-state index contributed by atoms with van der Waals surface area (Å²) < 4.78 is 0. The van der Waals surface area contributed by atoms with E-state index in [0.29, 0.717) is 19.6 Å². The summed E-state index contributed by atoms with van der Waals surface area (Å²) in [5, 5.41) is 2.97. The van der Waals surface area contributed by atoms with E-state index in [9.17, 15) is 9.59 Å². The molecule has 1 aromatic heterocycles. The Morgan fingerprint density at radius 3 is 2.45 bits per heavy atom. The molecule has 8 heteroatoms. The van der Waals surface area contributed by atoms with Crippen molar-refractivity contribution < 1.29 is 9.59 Å². The first-order valence-corrected chi connectivity index (χ1v) is 11.1. The molecule has 0 saturated carbocycles. The first-order valence-electron chi connectivity index (χ1n) is 11.1. The van der Waals surface area contributed by atoms with Crippen molar-refractivity contribution in [2.75, 3.05) is 44.2 Å². The van der Waals surface area contributed by atoms with Gasteiger partial charge in [-0.25, -0.2) is 4.98 Å². The van der Waals surface area contributed by atoms with Crippen LogP contribution in [0, 0.1) is 0 Å². The van der Waals surface area contributed by atoms with Crippen molar-refractivity contribution in [3.05, 3.63) is 54.0 Å². The zero-order valence-electron chi connectivity index (χ0n) is 17.6. The van der Waals surface area contributed by atoms with Gasteiger partial charge in [-0.1, -0.05) is 24.3 Å². The number of nitrogens with one attached hydrogen (secondary N) is 1. The summed E-state index contributed by atoms with van der Waals surface area (Å²) in [6.07, 6.45) is 7.23. The molecule has 1 unspecified atom stereocenters. The van der Waals surface area contributed by atoms with Gasteiger partial charge in [-0.2, -0.15) is 0 Å². The van der Waals surface area contributed by atoms with Crippen molar-refractivity contribution in [1.82, 2.24) is 25.1 Å². The van der Waals surface area contributed by atoms with Crippen LogP contribution in [0.15, 0.2) is 42.9 Å². The third kappa shape index (κ3) is 4.12. The zero-order chi connectivity index (χ0) is 21.2. The highest BCUT2D eigenvalue weighted by Gasteiger charge is 2.39. The number of rotatable bonds is 4. The van der Waals surface area contributed by atoms with Crippen molar-refractivity contribution in [2.45, 2.75) is 31.3 Å². The van der Waals surface area contributed by atoms with Gasteiger partial charge in [0.15, 0.2) is 0 Å². The number of benzene rings is 1. The normalized spacial score (nSPS) is 22.3. The maximum absolute atomic E-state index is 13.1. The van der Waals surface area contributed by atoms with Crippen LogP contribution in [-0.2, 0) is 22.4 Å². The topological polar surface area (TPSA) is 81.7 Å². The molecule has 1 aromatic carbocycles. The second-order valence-corrected chi connectivity index (χ2v) is 8.51. The second kappa shape index (κ2) is 8.63. The lowest BCUT2D eigenvalue weighted by atomic mass is 10.0. The van der Waals surface area contributed by atoms with Gasteiger partial charge in [0.05, 0.1) is 18.7 Å². The summed E-state index contributed by atoms with van der Waals surface area (Å²) in [7, 11) is 0. The molecule has 3 aliphatic rings. The van der Waals surface area contributed by atoms with Gasteiger partial charge in [-0.3, -0.25) is 19.5 Å². The molecule has 0 radical (unpaired) electrons. The van der Waals surface area contributed by atoms with Crippen molar-refractivity contribution in [3.63, 3.8) is 0 Å². The van der Waals surface area contributed by atoms with Crippen LogP contribution in [0.25, 0.3) is 0 Å². The summed E-state index contributed by atoms with van der Waals surface area (Å²) >= 11 is 0. The van der Waals surface area contributed by atoms with Crippen LogP contribution >= 0.6 is 0 Å². The molecule has 1 aliphatic carbocycles. The fourth-order valence-corrected chi connectivity index (χ4v) is 5.08. The summed E-state index contributed by atoms with van der Waals surface area (Å²) in [6.45, 7) is 4.17. The number of amides is 2. The fourth-order valence-electron chi connectivity index (χ4n) is 5.08. The standard InChI is InChI=1S/C23H28N6O2/c30-22(28-11-9-27(10-12-28)21-16-24-5-6-25-21)15-20-23(31)26-7-8-29(20)19-13-17-3-1-2-4-18(17)14-19/h1-6,16,19-20H,7-15H2,(H,26,31). The molecule has 31 heavy (non-hydrogen) atoms. The fraction of sp³-hybridized carbons (Fsp3) is 0.478. The lowest BCUT2D eigenvalue weighted by Crippen LogP contribution is -2.60. The molecule has 1 N–H and O–H groups in total. The van der Waals surface area contributed by atoms with Gasteiger partial charge in [-0.05, 0) is 24.0 Å². The molecule has 0 spiro atoms. The summed E-state index contributed by atoms with van der Waals surface area (Å²) in [5.41, 5.74) is 2.73. The zero-order valence-corrected chi connectivity index (χ0v) is 17.6. The predicted octanol–water partition coefficient (Wildman–Crippen LogP) is 0.483. The average Bonchev–Trinajstić information content (AvgIpc) is 3.25. The molecule has 2 saturated heterocycles. The number of carbonyl (C=O) groups is 2. The number of piperazine rings is 2. The maximum Gasteiger partial charge on any atom is 0.237 e. The molecule has 5 rings (SSSR count). The number of carbonyl (C=O) groups excluding carboxylic acids is 2. The lowest BCUT2D eigenvalue weighted by molar-refractivity contribution is -0.140. The molecule has 0 bridgehead atoms. The minimum Gasteiger partial charge on any atom is -0.353 e. The van der Waals surface area contributed by atoms with Gasteiger partial charge in [0, 0.05) is 57.7 Å². The van der Waals surface area contributed by atoms with Crippen LogP contribution in [0.3, 0.4) is 0 Å². The maximum atomic E-state index is 13.1. The second-order valence-electron chi connectivity index (χ2n) is 8.51. The highest BCUT2D eigenvalue weighted by atomic mass is 16.2. The third-order valence-corrected chi connectivity index (χ3v) is 6.74. The Labute approximate surface area is 182 Å². The van der Waals surface area contributed by atoms with E-state index in [-0.39, 0.29) is 24.3 Å². The van der Waals surface area contributed by atoms with E-state index in [1.54, 1.807) is 18.6 Å². The molecule has 2 aliphatic heterocycles. The molecular formula is C23H28N6O2. The predicted molar refractivity (Wildman–Crippen MR) is 117 cm³/mol. The first kappa shape index (κ1) is 19.9. The quantitative estimate of drug-likeness (QED) is 0.775. The third-order valence-electron chi connectivity index (χ3n) is 6.74. The molecule has 2 aromatic rings. The van der Waals surface area contributed by atoms with Crippen molar-refractivity contribution in [1.29, 1.82) is 0 Å². The number of nitrogens with zero attached hydrogens (tertiary/aromatic N) is 5. The summed E-state index contributed by atoms with van der Waals surface area (Å²) in [6, 6.07) is 8.40. The molecule has 162 valence electrons. The number of fused-ring (bicyclic) bond motifs is 1. The van der Waals surface area contributed by atoms with Gasteiger partial charge >= 0.3 is 0 Å². The summed E-state index contributed by atoms with van der Waals surface area (Å²) in [5.74, 6) is 0.878. The number of aromatic nitrogens is 2. The van der Waals surface area contributed by atoms with Crippen molar-refractivity contribution in [3.8, 4) is 0 Å². The van der Waals surface area contributed by atoms with Gasteiger partial charge in [-0.15, -0.1) is 0 Å². The Kier molecular flexibility index (Phi) is 5.55. The molecule has 2 fully saturated rings. The van der Waals surface area contributed by atoms with Crippen LogP contribution in [0.5, 0.6) is 0 Å². The molecule has 1 atom stereocenters. The molecule has 3 heterocycles. The molecular weight excluding hydrogens is 392 g/mol. The van der Waals surface area contributed by atoms with Crippen LogP contribution in [-0.4, -0.2) is 82.9 Å². The Morgan fingerprint density at radius 1 is 1.03 bits per heavy atom. The van der Waals surface area contributed by atoms with Crippen LogP contribution in [0.2, 0.25) is 0 Å². The van der Waals surface area contributed by atoms with Crippen molar-refractivity contribution in [2.24, 2.45) is 0 Å². The van der Waals surface area contributed by atoms with Gasteiger partial charge < -0.3 is 15.1 Å². The van der Waals surface area contributed by atoms with Crippen LogP contribution in [0.4, 0.5) is 5.82 Å². The smallest absolute Gasteiger partial charge is 0.237 e. The van der Waals surface area contributed by atoms with Crippen LogP contribution in [0.1, 0.15) is 17.5 Å². The summed E-state index contributed by atoms with van der Waals surface area (Å²) in [4.78, 5) is 40.6. The van der Waals surface area contributed by atoms with Crippen LogP contribution < -0.4 is 10.2 Å². The molecule has 2 amide bonds. The van der Waals surface area contributed by atoms with Crippen molar-refractivity contribution >= 4 is 17.6 Å². The van der Waals surface area contributed by atoms with E-state index in [0.717, 1.165) is 38.3 Å². The highest BCUT2D eigenvalue weighted by Crippen LogP contribution is 2.28. The Balaban J connectivity index is 1.22. The van der Waals surface area contributed by atoms with E-state index >= 15 is 0 Å². The first-order chi connectivity index (χ1) is 15.2. The number of hydrogen-bond acceptors (Lipinski definition) is 6. The lowest BCUT2D eigenvalue weighted by Gasteiger charge is -2.40. The number of hydrogen-bond donors (Lipinski definition) is 1. The highest BCUT2D eigenvalue weighted by molar-refractivity contribution is 5.89. The van der Waals surface area contributed by atoms with E-state index in [2.05, 4.69) is 49.4 Å². The minimum atomic E-state index is -0.390. The Bertz CT molecular complexity index is 919. The van der Waals surface area contributed by atoms with Gasteiger partial charge in [0.1, 0.15) is 5.82 Å². The van der Waals surface area contributed by atoms with E-state index in [1.165, 1.54) is 11.1 Å². The Morgan fingerprint density at radius 2 is 1.77 bits per heavy atom. The molecule has 8 nitrogen and oxygen atoms in total. The Hall–Kier alpha value is -3.00. The van der Waals surface area contributed by atoms with Gasteiger partial charge in [0.2, 0.25) is 11.8 Å². The van der Waals surface area contributed by atoms with Gasteiger partial charge in [0.25, 0.3) is 0 Å². The largest absolute Gasteiger partial charge is 0.353 e.